The third-order valence-corrected chi connectivity index (χ3v) is 5.30. The minimum Gasteiger partial charge on any atom is -0.318 e. The average molecular weight is 287 g/mol. The first kappa shape index (κ1) is 15.8. The lowest BCUT2D eigenvalue weighted by molar-refractivity contribution is 0.253. The summed E-state index contributed by atoms with van der Waals surface area (Å²) in [6.07, 6.45) is 0.947. The maximum atomic E-state index is 5.62. The molecule has 1 rings (SSSR count). The molecule has 18 heavy (non-hydrogen) atoms. The van der Waals surface area contributed by atoms with E-state index < -0.39 is 6.64 Å². The van der Waals surface area contributed by atoms with E-state index in [0.717, 1.165) is 6.42 Å². The Hall–Kier alpha value is -0.250. The minimum absolute atomic E-state index is 0.176. The van der Waals surface area contributed by atoms with Gasteiger partial charge in [0.2, 0.25) is 0 Å². The zero-order valence-electron chi connectivity index (χ0n) is 11.3. The minimum atomic E-state index is -2.37. The molecule has 1 unspecified atom stereocenters. The highest BCUT2D eigenvalue weighted by Crippen LogP contribution is 2.46. The molecule has 0 amide bonds. The summed E-state index contributed by atoms with van der Waals surface area (Å²) < 4.78 is 11.2. The predicted octanol–water partition coefficient (Wildman–Crippen LogP) is 4.02. The molecule has 0 aliphatic rings. The first-order valence-electron chi connectivity index (χ1n) is 6.37. The molecule has 0 radical (unpaired) electrons. The summed E-state index contributed by atoms with van der Waals surface area (Å²) in [5, 5.41) is 3.38. The summed E-state index contributed by atoms with van der Waals surface area (Å²) in [7, 11) is 0. The molecule has 102 valence electrons. The molecule has 1 aromatic carbocycles. The second-order valence-corrected chi connectivity index (χ2v) is 7.05. The first-order chi connectivity index (χ1) is 8.65. The topological polar surface area (TPSA) is 30.5 Å². The van der Waals surface area contributed by atoms with E-state index in [1.807, 2.05) is 32.0 Å². The third-order valence-electron chi connectivity index (χ3n) is 2.52. The average Bonchev–Trinajstić information content (AvgIpc) is 2.38. The molecular formula is C13H22NO2PS. The zero-order valence-corrected chi connectivity index (χ0v) is 13.0. The van der Waals surface area contributed by atoms with Gasteiger partial charge in [0, 0.05) is 6.04 Å². The van der Waals surface area contributed by atoms with Gasteiger partial charge >= 0.3 is 0 Å². The van der Waals surface area contributed by atoms with Gasteiger partial charge in [0.25, 0.3) is 6.64 Å². The van der Waals surface area contributed by atoms with E-state index in [1.165, 1.54) is 5.56 Å². The van der Waals surface area contributed by atoms with Crippen LogP contribution in [-0.2, 0) is 20.9 Å². The van der Waals surface area contributed by atoms with E-state index in [-0.39, 0.29) is 6.04 Å². The van der Waals surface area contributed by atoms with Gasteiger partial charge in [0.05, 0.1) is 13.2 Å². The molecule has 0 saturated heterocycles. The van der Waals surface area contributed by atoms with Crippen LogP contribution in [0.3, 0.4) is 0 Å². The Balaban J connectivity index is 2.80. The van der Waals surface area contributed by atoms with E-state index in [4.69, 9.17) is 20.9 Å². The summed E-state index contributed by atoms with van der Waals surface area (Å²) in [5.41, 5.74) is 1.22. The van der Waals surface area contributed by atoms with Gasteiger partial charge in [-0.15, -0.1) is 0 Å². The van der Waals surface area contributed by atoms with Crippen molar-refractivity contribution in [1.82, 2.24) is 5.09 Å². The van der Waals surface area contributed by atoms with Gasteiger partial charge in [0.1, 0.15) is 0 Å². The van der Waals surface area contributed by atoms with Crippen molar-refractivity contribution < 1.29 is 9.05 Å². The normalized spacial score (nSPS) is 13.5. The van der Waals surface area contributed by atoms with Crippen molar-refractivity contribution in [2.75, 3.05) is 13.2 Å². The lowest BCUT2D eigenvalue weighted by Crippen LogP contribution is -2.20. The highest BCUT2D eigenvalue weighted by atomic mass is 32.5. The van der Waals surface area contributed by atoms with Crippen molar-refractivity contribution >= 4 is 18.4 Å². The van der Waals surface area contributed by atoms with Gasteiger partial charge in [-0.3, -0.25) is 0 Å². The van der Waals surface area contributed by atoms with E-state index in [1.54, 1.807) is 0 Å². The smallest absolute Gasteiger partial charge is 0.261 e. The summed E-state index contributed by atoms with van der Waals surface area (Å²) in [6, 6.07) is 10.4. The Morgan fingerprint density at radius 1 is 1.11 bits per heavy atom. The van der Waals surface area contributed by atoms with Gasteiger partial charge in [-0.1, -0.05) is 37.3 Å². The predicted molar refractivity (Wildman–Crippen MR) is 80.1 cm³/mol. The highest BCUT2D eigenvalue weighted by molar-refractivity contribution is 8.08. The summed E-state index contributed by atoms with van der Waals surface area (Å²) >= 11 is 5.50. The van der Waals surface area contributed by atoms with Crippen molar-refractivity contribution in [3.05, 3.63) is 35.9 Å². The molecule has 1 aromatic rings. The molecule has 0 heterocycles. The standard InChI is InChI=1S/C13H22NO2PS/c1-4-13(12-10-8-7-9-11-12)14-17(18,15-5-2)16-6-3/h7-11,13H,4-6H2,1-3H3,(H,14,18). The lowest BCUT2D eigenvalue weighted by Gasteiger charge is -2.27. The van der Waals surface area contributed by atoms with Crippen LogP contribution in [0.15, 0.2) is 30.3 Å². The molecule has 0 aliphatic heterocycles. The fraction of sp³-hybridized carbons (Fsp3) is 0.538. The largest absolute Gasteiger partial charge is 0.318 e. The summed E-state index contributed by atoms with van der Waals surface area (Å²) in [6.45, 7) is 4.75. The van der Waals surface area contributed by atoms with Crippen LogP contribution in [0.5, 0.6) is 0 Å². The first-order valence-corrected chi connectivity index (χ1v) is 9.00. The summed E-state index contributed by atoms with van der Waals surface area (Å²) in [4.78, 5) is 0. The number of benzene rings is 1. The van der Waals surface area contributed by atoms with Crippen molar-refractivity contribution in [1.29, 1.82) is 0 Å². The van der Waals surface area contributed by atoms with Gasteiger partial charge in [0.15, 0.2) is 0 Å². The van der Waals surface area contributed by atoms with Crippen LogP contribution >= 0.6 is 6.64 Å². The van der Waals surface area contributed by atoms with Crippen LogP contribution in [0.4, 0.5) is 0 Å². The second kappa shape index (κ2) is 8.03. The maximum Gasteiger partial charge on any atom is 0.261 e. The van der Waals surface area contributed by atoms with E-state index >= 15 is 0 Å². The van der Waals surface area contributed by atoms with Crippen molar-refractivity contribution in [3.63, 3.8) is 0 Å². The quantitative estimate of drug-likeness (QED) is 0.731. The lowest BCUT2D eigenvalue weighted by atomic mass is 10.1. The summed E-state index contributed by atoms with van der Waals surface area (Å²) in [5.74, 6) is 0. The number of hydrogen-bond donors (Lipinski definition) is 1. The van der Waals surface area contributed by atoms with Crippen LogP contribution in [0, 0.1) is 0 Å². The Bertz CT molecular complexity index is 376. The molecule has 1 atom stereocenters. The SMILES string of the molecule is CCOP(=S)(NC(CC)c1ccccc1)OCC. The van der Waals surface area contributed by atoms with Crippen LogP contribution in [-0.4, -0.2) is 13.2 Å². The molecule has 0 spiro atoms. The van der Waals surface area contributed by atoms with Gasteiger partial charge in [-0.25, -0.2) is 5.09 Å². The Labute approximate surface area is 115 Å². The van der Waals surface area contributed by atoms with Crippen LogP contribution < -0.4 is 5.09 Å². The molecule has 0 aromatic heterocycles. The van der Waals surface area contributed by atoms with Gasteiger partial charge in [-0.05, 0) is 37.6 Å². The van der Waals surface area contributed by atoms with Crippen molar-refractivity contribution in [3.8, 4) is 0 Å². The van der Waals surface area contributed by atoms with E-state index in [0.29, 0.717) is 13.2 Å². The number of rotatable bonds is 8. The van der Waals surface area contributed by atoms with Crippen LogP contribution in [0.2, 0.25) is 0 Å². The Kier molecular flexibility index (Phi) is 7.05. The third kappa shape index (κ3) is 4.79. The number of nitrogens with one attached hydrogen (secondary N) is 1. The fourth-order valence-electron chi connectivity index (χ4n) is 1.73. The molecule has 0 fully saturated rings. The van der Waals surface area contributed by atoms with Crippen LogP contribution in [0.1, 0.15) is 38.8 Å². The second-order valence-electron chi connectivity index (χ2n) is 3.83. The van der Waals surface area contributed by atoms with Gasteiger partial charge in [-0.2, -0.15) is 0 Å². The van der Waals surface area contributed by atoms with Crippen molar-refractivity contribution in [2.24, 2.45) is 0 Å². The molecule has 0 bridgehead atoms. The fourth-order valence-corrected chi connectivity index (χ4v) is 4.36. The molecule has 3 nitrogen and oxygen atoms in total. The highest BCUT2D eigenvalue weighted by Gasteiger charge is 2.22. The Morgan fingerprint density at radius 3 is 2.11 bits per heavy atom. The monoisotopic (exact) mass is 287 g/mol. The molecule has 5 heteroatoms. The van der Waals surface area contributed by atoms with E-state index in [9.17, 15) is 0 Å². The van der Waals surface area contributed by atoms with Crippen LogP contribution in [0.25, 0.3) is 0 Å². The van der Waals surface area contributed by atoms with Crippen molar-refractivity contribution in [2.45, 2.75) is 33.2 Å². The maximum absolute atomic E-state index is 5.62. The Morgan fingerprint density at radius 2 is 1.67 bits per heavy atom. The number of hydrogen-bond acceptors (Lipinski definition) is 3. The zero-order chi connectivity index (χ0) is 13.4. The van der Waals surface area contributed by atoms with Gasteiger partial charge < -0.3 is 9.05 Å². The molecular weight excluding hydrogens is 265 g/mol. The van der Waals surface area contributed by atoms with E-state index in [2.05, 4.69) is 24.1 Å². The molecule has 0 aliphatic carbocycles. The molecule has 0 saturated carbocycles. The molecule has 1 N–H and O–H groups in total.